The molecule has 0 N–H and O–H groups in total. The molecule has 0 aromatic rings. The summed E-state index contributed by atoms with van der Waals surface area (Å²) in [6.45, 7) is 9.86. The van der Waals surface area contributed by atoms with Crippen LogP contribution in [0.2, 0.25) is 0 Å². The van der Waals surface area contributed by atoms with Crippen LogP contribution in [0.5, 0.6) is 0 Å². The summed E-state index contributed by atoms with van der Waals surface area (Å²) in [4.78, 5) is 11.2. The van der Waals surface area contributed by atoms with Gasteiger partial charge in [0.25, 0.3) is 0 Å². The van der Waals surface area contributed by atoms with Gasteiger partial charge in [0.1, 0.15) is 0 Å². The first kappa shape index (κ1) is 12.2. The van der Waals surface area contributed by atoms with Crippen LogP contribution in [0.15, 0.2) is 12.2 Å². The molecular weight excluding hydrogens is 192 g/mol. The topological polar surface area (TPSA) is 38.8 Å². The van der Waals surface area contributed by atoms with Gasteiger partial charge in [0.05, 0.1) is 18.8 Å². The molecule has 15 heavy (non-hydrogen) atoms. The number of rotatable bonds is 6. The number of carbonyl (C=O) groups excluding carboxylic acids is 1. The maximum atomic E-state index is 11.2. The molecule has 86 valence electrons. The number of esters is 1. The Morgan fingerprint density at radius 3 is 2.60 bits per heavy atom. The molecule has 1 heterocycles. The molecular formula is C12H20O3. The molecule has 3 heteroatoms. The molecule has 0 spiro atoms. The minimum absolute atomic E-state index is 0.293. The molecule has 1 saturated heterocycles. The van der Waals surface area contributed by atoms with Gasteiger partial charge in [-0.1, -0.05) is 13.5 Å². The summed E-state index contributed by atoms with van der Waals surface area (Å²) < 4.78 is 10.5. The van der Waals surface area contributed by atoms with Crippen molar-refractivity contribution < 1.29 is 14.3 Å². The van der Waals surface area contributed by atoms with Gasteiger partial charge in [-0.3, -0.25) is 0 Å². The zero-order chi connectivity index (χ0) is 11.4. The highest BCUT2D eigenvalue weighted by Crippen LogP contribution is 2.29. The summed E-state index contributed by atoms with van der Waals surface area (Å²) in [5.74, 6) is 0.112. The Morgan fingerprint density at radius 2 is 2.20 bits per heavy atom. The summed E-state index contributed by atoms with van der Waals surface area (Å²) in [7, 11) is 0. The first-order chi connectivity index (χ1) is 7.04. The van der Waals surface area contributed by atoms with Crippen LogP contribution in [0.3, 0.4) is 0 Å². The molecule has 0 saturated carbocycles. The molecule has 0 amide bonds. The summed E-state index contributed by atoms with van der Waals surface area (Å²) >= 11 is 0. The predicted octanol–water partition coefficient (Wildman–Crippen LogP) is 2.31. The van der Waals surface area contributed by atoms with E-state index in [0.717, 1.165) is 12.8 Å². The van der Waals surface area contributed by atoms with Gasteiger partial charge in [-0.25, -0.2) is 4.79 Å². The minimum atomic E-state index is -0.293. The molecule has 0 bridgehead atoms. The van der Waals surface area contributed by atoms with Gasteiger partial charge < -0.3 is 9.47 Å². The zero-order valence-corrected chi connectivity index (χ0v) is 9.79. The van der Waals surface area contributed by atoms with Crippen LogP contribution in [0, 0.1) is 5.92 Å². The van der Waals surface area contributed by atoms with Gasteiger partial charge >= 0.3 is 5.97 Å². The monoisotopic (exact) mass is 212 g/mol. The van der Waals surface area contributed by atoms with E-state index in [9.17, 15) is 4.79 Å². The Bertz CT molecular complexity index is 247. The Kier molecular flexibility index (Phi) is 4.33. The second-order valence-electron chi connectivity index (χ2n) is 4.27. The van der Waals surface area contributed by atoms with Crippen LogP contribution in [-0.2, 0) is 14.3 Å². The lowest BCUT2D eigenvalue weighted by molar-refractivity contribution is -0.140. The van der Waals surface area contributed by atoms with Crippen molar-refractivity contribution in [3.8, 4) is 0 Å². The second kappa shape index (κ2) is 5.31. The minimum Gasteiger partial charge on any atom is -0.462 e. The fourth-order valence-electron chi connectivity index (χ4n) is 1.48. The largest absolute Gasteiger partial charge is 0.462 e. The van der Waals surface area contributed by atoms with Crippen molar-refractivity contribution in [1.82, 2.24) is 0 Å². The first-order valence-corrected chi connectivity index (χ1v) is 5.52. The number of ether oxygens (including phenoxy) is 2. The van der Waals surface area contributed by atoms with Crippen LogP contribution in [-0.4, -0.2) is 24.8 Å². The smallest absolute Gasteiger partial charge is 0.333 e. The van der Waals surface area contributed by atoms with Crippen LogP contribution in [0.25, 0.3) is 0 Å². The number of carbonyl (C=O) groups is 1. The van der Waals surface area contributed by atoms with E-state index in [1.165, 1.54) is 0 Å². The Hall–Kier alpha value is -0.830. The fourth-order valence-corrected chi connectivity index (χ4v) is 1.48. The van der Waals surface area contributed by atoms with Gasteiger partial charge in [-0.2, -0.15) is 0 Å². The molecule has 3 unspecified atom stereocenters. The first-order valence-electron chi connectivity index (χ1n) is 5.52. The van der Waals surface area contributed by atoms with Crippen LogP contribution < -0.4 is 0 Å². The third-order valence-corrected chi connectivity index (χ3v) is 2.78. The van der Waals surface area contributed by atoms with E-state index in [1.807, 2.05) is 0 Å². The predicted molar refractivity (Wildman–Crippen MR) is 58.5 cm³/mol. The average Bonchev–Trinajstić information content (AvgIpc) is 2.88. The van der Waals surface area contributed by atoms with E-state index in [2.05, 4.69) is 20.4 Å². The SMILES string of the molecule is C=C(C)C(=O)OCC(CC)CC1OC1C. The van der Waals surface area contributed by atoms with Crippen LogP contribution >= 0.6 is 0 Å². The van der Waals surface area contributed by atoms with Crippen molar-refractivity contribution in [2.45, 2.75) is 45.8 Å². The van der Waals surface area contributed by atoms with Crippen molar-refractivity contribution in [3.05, 3.63) is 12.2 Å². The van der Waals surface area contributed by atoms with Crippen molar-refractivity contribution in [2.24, 2.45) is 5.92 Å². The molecule has 1 aliphatic rings. The summed E-state index contributed by atoms with van der Waals surface area (Å²) in [5.41, 5.74) is 0.459. The number of hydrogen-bond donors (Lipinski definition) is 0. The molecule has 0 radical (unpaired) electrons. The normalized spacial score (nSPS) is 25.8. The van der Waals surface area contributed by atoms with Gasteiger partial charge in [-0.15, -0.1) is 0 Å². The lowest BCUT2D eigenvalue weighted by Gasteiger charge is -2.13. The molecule has 3 nitrogen and oxygen atoms in total. The van der Waals surface area contributed by atoms with E-state index in [1.54, 1.807) is 6.92 Å². The van der Waals surface area contributed by atoms with Crippen LogP contribution in [0.4, 0.5) is 0 Å². The second-order valence-corrected chi connectivity index (χ2v) is 4.27. The summed E-state index contributed by atoms with van der Waals surface area (Å²) in [6, 6.07) is 0. The van der Waals surface area contributed by atoms with E-state index >= 15 is 0 Å². The Labute approximate surface area is 91.4 Å². The quantitative estimate of drug-likeness (QED) is 0.385. The molecule has 1 rings (SSSR count). The van der Waals surface area contributed by atoms with Gasteiger partial charge in [0.15, 0.2) is 0 Å². The van der Waals surface area contributed by atoms with E-state index in [0.29, 0.717) is 30.3 Å². The highest BCUT2D eigenvalue weighted by molar-refractivity contribution is 5.86. The van der Waals surface area contributed by atoms with E-state index in [4.69, 9.17) is 9.47 Å². The average molecular weight is 212 g/mol. The molecule has 0 aliphatic carbocycles. The molecule has 1 fully saturated rings. The molecule has 1 aliphatic heterocycles. The third kappa shape index (κ3) is 4.04. The summed E-state index contributed by atoms with van der Waals surface area (Å²) in [6.07, 6.45) is 2.76. The van der Waals surface area contributed by atoms with Gasteiger partial charge in [0, 0.05) is 5.57 Å². The number of epoxide rings is 1. The van der Waals surface area contributed by atoms with Crippen molar-refractivity contribution in [2.75, 3.05) is 6.61 Å². The van der Waals surface area contributed by atoms with Crippen molar-refractivity contribution >= 4 is 5.97 Å². The Morgan fingerprint density at radius 1 is 1.60 bits per heavy atom. The van der Waals surface area contributed by atoms with Crippen molar-refractivity contribution in [3.63, 3.8) is 0 Å². The standard InChI is InChI=1S/C12H20O3/c1-5-10(6-11-9(4)15-11)7-14-12(13)8(2)3/h9-11H,2,5-7H2,1,3-4H3. The highest BCUT2D eigenvalue weighted by atomic mass is 16.6. The lowest BCUT2D eigenvalue weighted by Crippen LogP contribution is -2.16. The fraction of sp³-hybridized carbons (Fsp3) is 0.750. The highest BCUT2D eigenvalue weighted by Gasteiger charge is 2.35. The Balaban J connectivity index is 2.21. The van der Waals surface area contributed by atoms with Gasteiger partial charge in [-0.05, 0) is 32.6 Å². The van der Waals surface area contributed by atoms with E-state index < -0.39 is 0 Å². The summed E-state index contributed by atoms with van der Waals surface area (Å²) in [5, 5.41) is 0. The zero-order valence-electron chi connectivity index (χ0n) is 9.79. The molecule has 3 atom stereocenters. The van der Waals surface area contributed by atoms with Crippen LogP contribution in [0.1, 0.15) is 33.6 Å². The maximum absolute atomic E-state index is 11.2. The maximum Gasteiger partial charge on any atom is 0.333 e. The lowest BCUT2D eigenvalue weighted by atomic mass is 10.0. The molecule has 0 aromatic heterocycles. The molecule has 0 aromatic carbocycles. The van der Waals surface area contributed by atoms with Gasteiger partial charge in [0.2, 0.25) is 0 Å². The third-order valence-electron chi connectivity index (χ3n) is 2.78. The van der Waals surface area contributed by atoms with E-state index in [-0.39, 0.29) is 5.97 Å². The van der Waals surface area contributed by atoms with Crippen molar-refractivity contribution in [1.29, 1.82) is 0 Å². The number of hydrogen-bond acceptors (Lipinski definition) is 3.